The van der Waals surface area contributed by atoms with Crippen molar-refractivity contribution in [2.24, 2.45) is 0 Å². The van der Waals surface area contributed by atoms with Crippen molar-refractivity contribution in [2.45, 2.75) is 25.4 Å². The van der Waals surface area contributed by atoms with E-state index in [1.54, 1.807) is 14.2 Å². The van der Waals surface area contributed by atoms with Gasteiger partial charge in [-0.2, -0.15) is 0 Å². The van der Waals surface area contributed by atoms with Gasteiger partial charge in [0.05, 0.1) is 25.3 Å². The Hall–Kier alpha value is -1.46. The van der Waals surface area contributed by atoms with Gasteiger partial charge in [0.25, 0.3) is 0 Å². The predicted molar refractivity (Wildman–Crippen MR) is 77.4 cm³/mol. The Morgan fingerprint density at radius 2 is 2.20 bits per heavy atom. The molecule has 1 amide bonds. The lowest BCUT2D eigenvalue weighted by Crippen LogP contribution is -2.47. The number of methoxy groups -OCH3 is 2. The molecule has 1 aliphatic rings. The summed E-state index contributed by atoms with van der Waals surface area (Å²) in [5.74, 6) is 1.16. The number of hydrogen-bond acceptors (Lipinski definition) is 4. The van der Waals surface area contributed by atoms with Gasteiger partial charge in [-0.25, -0.2) is 0 Å². The number of benzene rings is 1. The van der Waals surface area contributed by atoms with Crippen molar-refractivity contribution in [2.75, 3.05) is 20.8 Å². The normalized spacial score (nSPS) is 18.6. The maximum Gasteiger partial charge on any atom is 0.237 e. The molecule has 20 heavy (non-hydrogen) atoms. The van der Waals surface area contributed by atoms with Crippen molar-refractivity contribution in [1.29, 1.82) is 0 Å². The molecule has 110 valence electrons. The zero-order valence-corrected chi connectivity index (χ0v) is 12.4. The fourth-order valence-electron chi connectivity index (χ4n) is 2.27. The first-order valence-corrected chi connectivity index (χ1v) is 6.95. The van der Waals surface area contributed by atoms with Crippen LogP contribution in [0.25, 0.3) is 0 Å². The highest BCUT2D eigenvalue weighted by molar-refractivity contribution is 6.33. The zero-order chi connectivity index (χ0) is 14.5. The molecular formula is C14H19ClN2O3. The molecule has 0 saturated carbocycles. The second-order valence-corrected chi connectivity index (χ2v) is 5.02. The standard InChI is InChI=1S/C14H19ClN2O3/c1-19-11-6-5-9(12(15)13(11)20-2)8-17-10-4-3-7-16-14(10)18/h5-6,10,17H,3-4,7-8H2,1-2H3,(H,16,18)/t10-/m0/s1. The number of nitrogens with one attached hydrogen (secondary N) is 2. The largest absolute Gasteiger partial charge is 0.493 e. The van der Waals surface area contributed by atoms with Crippen LogP contribution in [-0.2, 0) is 11.3 Å². The number of ether oxygens (including phenoxy) is 2. The van der Waals surface area contributed by atoms with Crippen molar-refractivity contribution >= 4 is 17.5 Å². The fourth-order valence-corrected chi connectivity index (χ4v) is 2.57. The molecule has 0 aliphatic carbocycles. The molecule has 1 aromatic carbocycles. The zero-order valence-electron chi connectivity index (χ0n) is 11.7. The molecule has 0 unspecified atom stereocenters. The molecule has 6 heteroatoms. The van der Waals surface area contributed by atoms with E-state index < -0.39 is 0 Å². The highest BCUT2D eigenvalue weighted by Crippen LogP contribution is 2.37. The van der Waals surface area contributed by atoms with E-state index in [1.165, 1.54) is 0 Å². The molecule has 1 fully saturated rings. The quantitative estimate of drug-likeness (QED) is 0.869. The smallest absolute Gasteiger partial charge is 0.237 e. The summed E-state index contributed by atoms with van der Waals surface area (Å²) in [7, 11) is 3.12. The summed E-state index contributed by atoms with van der Waals surface area (Å²) in [5, 5.41) is 6.58. The molecular weight excluding hydrogens is 280 g/mol. The maximum atomic E-state index is 11.7. The summed E-state index contributed by atoms with van der Waals surface area (Å²) in [6.07, 6.45) is 1.83. The molecule has 1 atom stereocenters. The molecule has 1 aliphatic heterocycles. The second kappa shape index (κ2) is 6.81. The number of carbonyl (C=O) groups is 1. The molecule has 1 heterocycles. The summed E-state index contributed by atoms with van der Waals surface area (Å²) >= 11 is 6.30. The van der Waals surface area contributed by atoms with Gasteiger partial charge in [0, 0.05) is 13.1 Å². The van der Waals surface area contributed by atoms with Crippen molar-refractivity contribution in [3.63, 3.8) is 0 Å². The predicted octanol–water partition coefficient (Wildman–Crippen LogP) is 1.73. The molecule has 0 radical (unpaired) electrons. The van der Waals surface area contributed by atoms with Gasteiger partial charge in [0.15, 0.2) is 11.5 Å². The lowest BCUT2D eigenvalue weighted by molar-refractivity contribution is -0.124. The molecule has 2 N–H and O–H groups in total. The van der Waals surface area contributed by atoms with Gasteiger partial charge < -0.3 is 20.1 Å². The van der Waals surface area contributed by atoms with Crippen LogP contribution in [-0.4, -0.2) is 32.7 Å². The van der Waals surface area contributed by atoms with Gasteiger partial charge in [-0.1, -0.05) is 17.7 Å². The van der Waals surface area contributed by atoms with Crippen LogP contribution in [0.15, 0.2) is 12.1 Å². The first-order valence-electron chi connectivity index (χ1n) is 6.57. The monoisotopic (exact) mass is 298 g/mol. The number of hydrogen-bond donors (Lipinski definition) is 2. The van der Waals surface area contributed by atoms with Crippen molar-refractivity contribution in [3.8, 4) is 11.5 Å². The number of halogens is 1. The number of piperidine rings is 1. The number of rotatable bonds is 5. The third-order valence-electron chi connectivity index (χ3n) is 3.39. The molecule has 0 spiro atoms. The lowest BCUT2D eigenvalue weighted by atomic mass is 10.1. The van der Waals surface area contributed by atoms with E-state index in [4.69, 9.17) is 21.1 Å². The maximum absolute atomic E-state index is 11.7. The van der Waals surface area contributed by atoms with E-state index in [0.717, 1.165) is 24.9 Å². The summed E-state index contributed by atoms with van der Waals surface area (Å²) in [6.45, 7) is 1.27. The molecule has 0 bridgehead atoms. The third-order valence-corrected chi connectivity index (χ3v) is 3.80. The minimum atomic E-state index is -0.159. The Balaban J connectivity index is 2.07. The minimum Gasteiger partial charge on any atom is -0.493 e. The van der Waals surface area contributed by atoms with Gasteiger partial charge in [0.2, 0.25) is 5.91 Å². The SMILES string of the molecule is COc1ccc(CN[C@H]2CCCNC2=O)c(Cl)c1OC. The molecule has 2 rings (SSSR count). The number of carbonyl (C=O) groups excluding carboxylic acids is 1. The Bertz CT molecular complexity index is 494. The van der Waals surface area contributed by atoms with Gasteiger partial charge >= 0.3 is 0 Å². The molecule has 1 saturated heterocycles. The summed E-state index contributed by atoms with van der Waals surface area (Å²) in [4.78, 5) is 11.7. The van der Waals surface area contributed by atoms with Crippen LogP contribution in [0.1, 0.15) is 18.4 Å². The average Bonchev–Trinajstić information content (AvgIpc) is 2.47. The first-order chi connectivity index (χ1) is 9.67. The van der Waals surface area contributed by atoms with Crippen LogP contribution in [0.4, 0.5) is 0 Å². The Kier molecular flexibility index (Phi) is 5.09. The van der Waals surface area contributed by atoms with Crippen molar-refractivity contribution in [3.05, 3.63) is 22.7 Å². The van der Waals surface area contributed by atoms with Crippen LogP contribution in [0.2, 0.25) is 5.02 Å². The van der Waals surface area contributed by atoms with E-state index in [-0.39, 0.29) is 11.9 Å². The molecule has 1 aromatic rings. The third kappa shape index (κ3) is 3.16. The fraction of sp³-hybridized carbons (Fsp3) is 0.500. The Morgan fingerprint density at radius 3 is 2.85 bits per heavy atom. The summed E-state index contributed by atoms with van der Waals surface area (Å²) in [6, 6.07) is 3.52. The highest BCUT2D eigenvalue weighted by Gasteiger charge is 2.22. The van der Waals surface area contributed by atoms with E-state index in [2.05, 4.69) is 10.6 Å². The van der Waals surface area contributed by atoms with Crippen LogP contribution in [0, 0.1) is 0 Å². The van der Waals surface area contributed by atoms with Crippen LogP contribution in [0.5, 0.6) is 11.5 Å². The van der Waals surface area contributed by atoms with E-state index in [0.29, 0.717) is 23.1 Å². The van der Waals surface area contributed by atoms with E-state index >= 15 is 0 Å². The van der Waals surface area contributed by atoms with Crippen LogP contribution in [0.3, 0.4) is 0 Å². The topological polar surface area (TPSA) is 59.6 Å². The van der Waals surface area contributed by atoms with Gasteiger partial charge in [-0.05, 0) is 24.5 Å². The van der Waals surface area contributed by atoms with Gasteiger partial charge in [-0.3, -0.25) is 4.79 Å². The second-order valence-electron chi connectivity index (χ2n) is 4.64. The van der Waals surface area contributed by atoms with Gasteiger partial charge in [0.1, 0.15) is 0 Å². The minimum absolute atomic E-state index is 0.0489. The number of amides is 1. The van der Waals surface area contributed by atoms with Crippen LogP contribution >= 0.6 is 11.6 Å². The Morgan fingerprint density at radius 1 is 1.40 bits per heavy atom. The van der Waals surface area contributed by atoms with Crippen molar-refractivity contribution in [1.82, 2.24) is 10.6 Å². The Labute approximate surface area is 123 Å². The lowest BCUT2D eigenvalue weighted by Gasteiger charge is -2.23. The first kappa shape index (κ1) is 14.9. The van der Waals surface area contributed by atoms with E-state index in [9.17, 15) is 4.79 Å². The average molecular weight is 299 g/mol. The highest BCUT2D eigenvalue weighted by atomic mass is 35.5. The van der Waals surface area contributed by atoms with E-state index in [1.807, 2.05) is 12.1 Å². The van der Waals surface area contributed by atoms with Gasteiger partial charge in [-0.15, -0.1) is 0 Å². The summed E-state index contributed by atoms with van der Waals surface area (Å²) in [5.41, 5.74) is 0.877. The summed E-state index contributed by atoms with van der Waals surface area (Å²) < 4.78 is 10.4. The molecule has 0 aromatic heterocycles. The van der Waals surface area contributed by atoms with Crippen LogP contribution < -0.4 is 20.1 Å². The van der Waals surface area contributed by atoms with Crippen molar-refractivity contribution < 1.29 is 14.3 Å². The molecule has 5 nitrogen and oxygen atoms in total.